The fraction of sp³-hybridized carbons (Fsp3) is 0.300. The van der Waals surface area contributed by atoms with Gasteiger partial charge in [0.2, 0.25) is 5.91 Å². The van der Waals surface area contributed by atoms with Crippen molar-refractivity contribution in [1.29, 1.82) is 0 Å². The number of aromatic amines is 1. The van der Waals surface area contributed by atoms with E-state index >= 15 is 0 Å². The van der Waals surface area contributed by atoms with Crippen molar-refractivity contribution in [2.24, 2.45) is 0 Å². The first-order valence-electron chi connectivity index (χ1n) is 9.52. The molecule has 1 aliphatic carbocycles. The van der Waals surface area contributed by atoms with Crippen LogP contribution < -0.4 is 15.4 Å². The first kappa shape index (κ1) is 17.8. The molecule has 3 heterocycles. The molecule has 2 aromatic heterocycles. The van der Waals surface area contributed by atoms with Gasteiger partial charge in [-0.05, 0) is 36.1 Å². The molecular formula is C20H20N6O3. The third kappa shape index (κ3) is 3.34. The van der Waals surface area contributed by atoms with Gasteiger partial charge in [-0.3, -0.25) is 15.2 Å². The number of nitrogens with zero attached hydrogens (tertiary/aromatic N) is 3. The van der Waals surface area contributed by atoms with E-state index in [1.807, 2.05) is 12.1 Å². The van der Waals surface area contributed by atoms with Crippen molar-refractivity contribution in [3.63, 3.8) is 0 Å². The Kier molecular flexibility index (Phi) is 4.45. The van der Waals surface area contributed by atoms with Crippen LogP contribution in [0.25, 0.3) is 0 Å². The van der Waals surface area contributed by atoms with Crippen molar-refractivity contribution >= 4 is 11.7 Å². The molecule has 0 saturated heterocycles. The lowest BCUT2D eigenvalue weighted by Gasteiger charge is -2.17. The molecule has 9 heteroatoms. The molecule has 9 nitrogen and oxygen atoms in total. The number of fused-ring (bicyclic) bond motifs is 2. The van der Waals surface area contributed by atoms with E-state index in [4.69, 9.17) is 4.74 Å². The molecule has 0 saturated carbocycles. The molecule has 3 atom stereocenters. The summed E-state index contributed by atoms with van der Waals surface area (Å²) in [6, 6.07) is 10.9. The van der Waals surface area contributed by atoms with Crippen LogP contribution in [0.5, 0.6) is 5.75 Å². The Morgan fingerprint density at radius 2 is 2.14 bits per heavy atom. The quantitative estimate of drug-likeness (QED) is 0.493. The highest BCUT2D eigenvalue weighted by Gasteiger charge is 2.30. The predicted molar refractivity (Wildman–Crippen MR) is 103 cm³/mol. The standard InChI is InChI=1S/C20H20N6O3/c27-19-14(10-29-15-6-3-9-21-17(15)24-19)22-20(28)18-23-16(25-26-18)13-8-7-11-4-1-2-5-12(11)13/h1-6,9,13-14,20,22,28H,7-8,10H2,(H,21,24,27)(H,23,25,26)/t13?,14-,20?/m0/s1. The number of aliphatic hydroxyl groups is 1. The first-order chi connectivity index (χ1) is 14.2. The molecule has 3 aromatic rings. The van der Waals surface area contributed by atoms with Crippen LogP contribution in [0.4, 0.5) is 5.82 Å². The van der Waals surface area contributed by atoms with E-state index in [1.165, 1.54) is 11.1 Å². The number of carbonyl (C=O) groups is 1. The van der Waals surface area contributed by atoms with Crippen molar-refractivity contribution < 1.29 is 14.6 Å². The zero-order valence-corrected chi connectivity index (χ0v) is 15.5. The molecule has 0 fully saturated rings. The number of pyridine rings is 1. The van der Waals surface area contributed by atoms with Crippen molar-refractivity contribution in [2.75, 3.05) is 11.9 Å². The number of amides is 1. The van der Waals surface area contributed by atoms with Crippen LogP contribution >= 0.6 is 0 Å². The molecule has 1 aromatic carbocycles. The smallest absolute Gasteiger partial charge is 0.246 e. The van der Waals surface area contributed by atoms with Crippen LogP contribution in [0.1, 0.15) is 41.3 Å². The summed E-state index contributed by atoms with van der Waals surface area (Å²) in [5.74, 6) is 1.53. The summed E-state index contributed by atoms with van der Waals surface area (Å²) in [6.07, 6.45) is 2.29. The van der Waals surface area contributed by atoms with Crippen LogP contribution in [0.15, 0.2) is 42.6 Å². The highest BCUT2D eigenvalue weighted by molar-refractivity contribution is 5.95. The molecule has 5 rings (SSSR count). The second-order valence-corrected chi connectivity index (χ2v) is 7.14. The van der Waals surface area contributed by atoms with Gasteiger partial charge in [0.15, 0.2) is 23.6 Å². The lowest BCUT2D eigenvalue weighted by Crippen LogP contribution is -2.45. The maximum atomic E-state index is 12.4. The maximum absolute atomic E-state index is 12.4. The van der Waals surface area contributed by atoms with Gasteiger partial charge in [0, 0.05) is 12.1 Å². The number of carbonyl (C=O) groups excluding carboxylic acids is 1. The maximum Gasteiger partial charge on any atom is 0.246 e. The Balaban J connectivity index is 1.29. The first-order valence-corrected chi connectivity index (χ1v) is 9.52. The molecule has 0 spiro atoms. The number of aromatic nitrogens is 4. The zero-order valence-electron chi connectivity index (χ0n) is 15.5. The third-order valence-corrected chi connectivity index (χ3v) is 5.32. The number of benzene rings is 1. The van der Waals surface area contributed by atoms with E-state index < -0.39 is 12.3 Å². The highest BCUT2D eigenvalue weighted by atomic mass is 16.5. The van der Waals surface area contributed by atoms with E-state index in [0.29, 0.717) is 17.4 Å². The summed E-state index contributed by atoms with van der Waals surface area (Å²) in [5, 5.41) is 23.2. The zero-order chi connectivity index (χ0) is 19.8. The summed E-state index contributed by atoms with van der Waals surface area (Å²) in [4.78, 5) is 21.0. The van der Waals surface area contributed by atoms with Gasteiger partial charge in [-0.1, -0.05) is 24.3 Å². The Morgan fingerprint density at radius 1 is 1.24 bits per heavy atom. The number of nitrogens with one attached hydrogen (secondary N) is 3. The van der Waals surface area contributed by atoms with Gasteiger partial charge in [-0.25, -0.2) is 9.97 Å². The van der Waals surface area contributed by atoms with Gasteiger partial charge >= 0.3 is 0 Å². The molecule has 1 aliphatic heterocycles. The monoisotopic (exact) mass is 392 g/mol. The molecule has 29 heavy (non-hydrogen) atoms. The molecule has 0 bridgehead atoms. The largest absolute Gasteiger partial charge is 0.488 e. The van der Waals surface area contributed by atoms with Gasteiger partial charge in [0.05, 0.1) is 0 Å². The van der Waals surface area contributed by atoms with Crippen LogP contribution in [0.3, 0.4) is 0 Å². The van der Waals surface area contributed by atoms with E-state index in [1.54, 1.807) is 18.3 Å². The third-order valence-electron chi connectivity index (χ3n) is 5.32. The summed E-state index contributed by atoms with van der Waals surface area (Å²) in [6.45, 7) is 0.0505. The van der Waals surface area contributed by atoms with E-state index in [0.717, 1.165) is 12.8 Å². The molecule has 2 aliphatic rings. The second-order valence-electron chi connectivity index (χ2n) is 7.14. The van der Waals surface area contributed by atoms with Gasteiger partial charge < -0.3 is 15.2 Å². The van der Waals surface area contributed by atoms with Crippen LogP contribution in [0, 0.1) is 0 Å². The van der Waals surface area contributed by atoms with Crippen LogP contribution in [-0.4, -0.2) is 43.8 Å². The summed E-state index contributed by atoms with van der Waals surface area (Å²) in [5.41, 5.74) is 2.55. The van der Waals surface area contributed by atoms with Gasteiger partial charge in [-0.15, -0.1) is 0 Å². The number of rotatable bonds is 4. The average molecular weight is 392 g/mol. The van der Waals surface area contributed by atoms with Crippen molar-refractivity contribution in [2.45, 2.75) is 31.0 Å². The SMILES string of the molecule is O=C1Nc2ncccc2OC[C@@H]1NC(O)c1n[nH]c(C2CCc3ccccc32)n1. The summed E-state index contributed by atoms with van der Waals surface area (Å²) >= 11 is 0. The van der Waals surface area contributed by atoms with Crippen LogP contribution in [0.2, 0.25) is 0 Å². The number of H-pyrrole nitrogens is 1. The highest BCUT2D eigenvalue weighted by Crippen LogP contribution is 2.36. The van der Waals surface area contributed by atoms with Crippen LogP contribution in [-0.2, 0) is 11.2 Å². The normalized spacial score (nSPS) is 21.5. The molecule has 2 unspecified atom stereocenters. The van der Waals surface area contributed by atoms with E-state index in [9.17, 15) is 9.90 Å². The van der Waals surface area contributed by atoms with Gasteiger partial charge in [0.1, 0.15) is 18.5 Å². The summed E-state index contributed by atoms with van der Waals surface area (Å²) in [7, 11) is 0. The number of aliphatic hydroxyl groups excluding tert-OH is 1. The second kappa shape index (κ2) is 7.26. The Hall–Kier alpha value is -3.30. The fourth-order valence-corrected chi connectivity index (χ4v) is 3.85. The number of anilines is 1. The van der Waals surface area contributed by atoms with E-state index in [2.05, 4.69) is 42.9 Å². The Bertz CT molecular complexity index is 1050. The lowest BCUT2D eigenvalue weighted by molar-refractivity contribution is -0.119. The summed E-state index contributed by atoms with van der Waals surface area (Å²) < 4.78 is 5.63. The molecule has 0 radical (unpaired) electrons. The van der Waals surface area contributed by atoms with Crippen molar-refractivity contribution in [3.05, 3.63) is 65.4 Å². The minimum Gasteiger partial charge on any atom is -0.488 e. The minimum atomic E-state index is -1.22. The number of hydrogen-bond acceptors (Lipinski definition) is 7. The molecule has 1 amide bonds. The van der Waals surface area contributed by atoms with Gasteiger partial charge in [0.25, 0.3) is 0 Å². The molecule has 148 valence electrons. The Labute approximate surface area is 166 Å². The average Bonchev–Trinajstić information content (AvgIpc) is 3.35. The molecule has 4 N–H and O–H groups in total. The topological polar surface area (TPSA) is 125 Å². The number of ether oxygens (including phenoxy) is 1. The molecular weight excluding hydrogens is 372 g/mol. The fourth-order valence-electron chi connectivity index (χ4n) is 3.85. The minimum absolute atomic E-state index is 0.0505. The number of aryl methyl sites for hydroxylation is 1. The lowest BCUT2D eigenvalue weighted by atomic mass is 10.0. The van der Waals surface area contributed by atoms with Gasteiger partial charge in [-0.2, -0.15) is 5.10 Å². The number of hydrogen-bond donors (Lipinski definition) is 4. The van der Waals surface area contributed by atoms with Crippen molar-refractivity contribution in [3.8, 4) is 5.75 Å². The van der Waals surface area contributed by atoms with E-state index in [-0.39, 0.29) is 24.3 Å². The predicted octanol–water partition coefficient (Wildman–Crippen LogP) is 1.26. The Morgan fingerprint density at radius 3 is 3.07 bits per heavy atom. The van der Waals surface area contributed by atoms with Crippen molar-refractivity contribution in [1.82, 2.24) is 25.5 Å².